The van der Waals surface area contributed by atoms with Crippen LogP contribution in [-0.2, 0) is 28.9 Å². The van der Waals surface area contributed by atoms with Gasteiger partial charge < -0.3 is 19.3 Å². The fourth-order valence-corrected chi connectivity index (χ4v) is 8.35. The Balaban J connectivity index is 1.19. The van der Waals surface area contributed by atoms with Gasteiger partial charge in [-0.25, -0.2) is 9.78 Å². The van der Waals surface area contributed by atoms with Gasteiger partial charge in [-0.15, -0.1) is 0 Å². The Kier molecular flexibility index (Phi) is 9.26. The number of ether oxygens (including phenoxy) is 1. The van der Waals surface area contributed by atoms with E-state index in [0.29, 0.717) is 50.6 Å². The minimum absolute atomic E-state index is 0.113. The topological polar surface area (TPSA) is 104 Å². The average molecular weight is 661 g/mol. The molecule has 4 heterocycles. The Labute approximate surface area is 281 Å². The van der Waals surface area contributed by atoms with Crippen molar-refractivity contribution in [2.45, 2.75) is 95.0 Å². The van der Waals surface area contributed by atoms with E-state index in [0.717, 1.165) is 61.9 Å². The number of hydrogen-bond acceptors (Lipinski definition) is 7. The highest BCUT2D eigenvalue weighted by Crippen LogP contribution is 2.38. The van der Waals surface area contributed by atoms with E-state index in [1.54, 1.807) is 16.1 Å². The molecule has 47 heavy (non-hydrogen) atoms. The van der Waals surface area contributed by atoms with Gasteiger partial charge in [0, 0.05) is 43.6 Å². The maximum atomic E-state index is 14.6. The number of likely N-dealkylation sites (tertiary alicyclic amines) is 1. The molecule has 4 aliphatic rings. The Morgan fingerprint density at radius 2 is 1.87 bits per heavy atom. The standard InChI is InChI=1S/C36H45ClN6O4/c1-25-20-40(24-39-25)22-36(46)14-6-16-42(23-36)34(44)31-21-41(17-18-43(31)35(45)47-29-8-3-2-4-9-29)33-30-13-12-28(37)19-27(30)11-10-26-7-5-15-38-32(26)33/h5,7,12-13,15,19-20,24,29,31,33,46H,2-4,6,8-11,14,16-18,21-23H2,1H3/t31-,33-,36?/m1/s1. The van der Waals surface area contributed by atoms with Crippen molar-refractivity contribution in [3.8, 4) is 0 Å². The van der Waals surface area contributed by atoms with Crippen LogP contribution >= 0.6 is 11.6 Å². The number of piperidine rings is 1. The number of nitrogens with zero attached hydrogens (tertiary/aromatic N) is 6. The molecule has 1 unspecified atom stereocenters. The third kappa shape index (κ3) is 6.91. The first-order chi connectivity index (χ1) is 22.8. The maximum Gasteiger partial charge on any atom is 0.410 e. The molecule has 10 nitrogen and oxygen atoms in total. The number of amides is 2. The van der Waals surface area contributed by atoms with E-state index in [-0.39, 0.29) is 24.6 Å². The number of halogens is 1. The van der Waals surface area contributed by atoms with Gasteiger partial charge in [-0.1, -0.05) is 30.2 Å². The molecule has 2 aliphatic carbocycles. The molecule has 11 heteroatoms. The number of fused-ring (bicyclic) bond motifs is 2. The second kappa shape index (κ2) is 13.6. The van der Waals surface area contributed by atoms with E-state index < -0.39 is 17.7 Å². The summed E-state index contributed by atoms with van der Waals surface area (Å²) in [5, 5.41) is 12.4. The lowest BCUT2D eigenvalue weighted by molar-refractivity contribution is -0.147. The van der Waals surface area contributed by atoms with Gasteiger partial charge in [-0.05, 0) is 93.2 Å². The van der Waals surface area contributed by atoms with Gasteiger partial charge in [0.05, 0.1) is 36.8 Å². The number of aryl methyl sites for hydroxylation is 3. The first-order valence-corrected chi connectivity index (χ1v) is 17.6. The lowest BCUT2D eigenvalue weighted by atomic mass is 9.91. The van der Waals surface area contributed by atoms with Gasteiger partial charge >= 0.3 is 6.09 Å². The summed E-state index contributed by atoms with van der Waals surface area (Å²) in [6.45, 7) is 4.25. The molecule has 0 spiro atoms. The summed E-state index contributed by atoms with van der Waals surface area (Å²) in [5.74, 6) is -0.151. The van der Waals surface area contributed by atoms with Crippen LogP contribution < -0.4 is 0 Å². The summed E-state index contributed by atoms with van der Waals surface area (Å²) in [6.07, 6.45) is 12.9. The molecule has 250 valence electrons. The zero-order valence-electron chi connectivity index (χ0n) is 27.2. The average Bonchev–Trinajstić information content (AvgIpc) is 3.40. The van der Waals surface area contributed by atoms with Gasteiger partial charge in [0.1, 0.15) is 17.7 Å². The van der Waals surface area contributed by atoms with Crippen LogP contribution in [-0.4, -0.2) is 96.8 Å². The quantitative estimate of drug-likeness (QED) is 0.414. The van der Waals surface area contributed by atoms with E-state index >= 15 is 0 Å². The van der Waals surface area contributed by atoms with E-state index in [1.165, 1.54) is 11.1 Å². The van der Waals surface area contributed by atoms with Gasteiger partial charge in [0.25, 0.3) is 0 Å². The summed E-state index contributed by atoms with van der Waals surface area (Å²) >= 11 is 6.47. The Morgan fingerprint density at radius 1 is 1.04 bits per heavy atom. The number of pyridine rings is 1. The molecule has 1 saturated carbocycles. The number of rotatable bonds is 5. The molecule has 2 amide bonds. The minimum atomic E-state index is -1.09. The van der Waals surface area contributed by atoms with E-state index in [2.05, 4.69) is 22.0 Å². The molecule has 7 rings (SSSR count). The maximum absolute atomic E-state index is 14.6. The zero-order valence-corrected chi connectivity index (χ0v) is 27.9. The van der Waals surface area contributed by atoms with Crippen molar-refractivity contribution >= 4 is 23.6 Å². The number of β-amino-alcohol motifs (C(OH)–C–C–N with tert-alkyl or cyclic N) is 1. The summed E-state index contributed by atoms with van der Waals surface area (Å²) in [6, 6.07) is 9.24. The molecular weight excluding hydrogens is 616 g/mol. The molecule has 3 aromatic rings. The van der Waals surface area contributed by atoms with Gasteiger partial charge in [0.15, 0.2) is 0 Å². The predicted octanol–water partition coefficient (Wildman–Crippen LogP) is 4.94. The molecule has 0 bridgehead atoms. The fourth-order valence-electron chi connectivity index (χ4n) is 8.15. The van der Waals surface area contributed by atoms with Gasteiger partial charge in [-0.2, -0.15) is 0 Å². The number of benzene rings is 1. The number of carbonyl (C=O) groups excluding carboxylic acids is 2. The molecule has 0 radical (unpaired) electrons. The van der Waals surface area contributed by atoms with E-state index in [4.69, 9.17) is 21.3 Å². The van der Waals surface area contributed by atoms with Crippen molar-refractivity contribution in [1.82, 2.24) is 29.2 Å². The monoisotopic (exact) mass is 660 g/mol. The fraction of sp³-hybridized carbons (Fsp3) is 0.556. The van der Waals surface area contributed by atoms with Crippen molar-refractivity contribution in [1.29, 1.82) is 0 Å². The normalized spacial score (nSPS) is 25.5. The van der Waals surface area contributed by atoms with Crippen molar-refractivity contribution in [2.75, 3.05) is 32.7 Å². The molecule has 1 N–H and O–H groups in total. The highest BCUT2D eigenvalue weighted by molar-refractivity contribution is 6.30. The summed E-state index contributed by atoms with van der Waals surface area (Å²) in [5.41, 5.74) is 4.27. The van der Waals surface area contributed by atoms with Gasteiger partial charge in [-0.3, -0.25) is 19.6 Å². The van der Waals surface area contributed by atoms with Crippen molar-refractivity contribution in [3.63, 3.8) is 0 Å². The Morgan fingerprint density at radius 3 is 2.68 bits per heavy atom. The van der Waals surface area contributed by atoms with Gasteiger partial charge in [0.2, 0.25) is 5.91 Å². The number of carbonyl (C=O) groups is 2. The molecule has 2 saturated heterocycles. The third-order valence-corrected chi connectivity index (χ3v) is 10.7. The molecule has 3 fully saturated rings. The van der Waals surface area contributed by atoms with Crippen LogP contribution in [0, 0.1) is 6.92 Å². The minimum Gasteiger partial charge on any atom is -0.446 e. The highest BCUT2D eigenvalue weighted by Gasteiger charge is 2.45. The Hall–Kier alpha value is -3.47. The van der Waals surface area contributed by atoms with Crippen molar-refractivity contribution in [3.05, 3.63) is 82.2 Å². The zero-order chi connectivity index (χ0) is 32.5. The second-order valence-corrected chi connectivity index (χ2v) is 14.4. The second-order valence-electron chi connectivity index (χ2n) is 13.9. The Bertz CT molecular complexity index is 1610. The number of piperazine rings is 1. The van der Waals surface area contributed by atoms with E-state index in [9.17, 15) is 14.7 Å². The molecule has 1 aromatic carbocycles. The largest absolute Gasteiger partial charge is 0.446 e. The lowest BCUT2D eigenvalue weighted by Gasteiger charge is -2.46. The third-order valence-electron chi connectivity index (χ3n) is 10.5. The number of aromatic nitrogens is 3. The van der Waals surface area contributed by atoms with Crippen LogP contribution in [0.25, 0.3) is 0 Å². The number of aliphatic hydroxyl groups is 1. The number of hydrogen-bond donors (Lipinski definition) is 1. The summed E-state index contributed by atoms with van der Waals surface area (Å²) < 4.78 is 7.95. The van der Waals surface area contributed by atoms with Crippen LogP contribution in [0.15, 0.2) is 49.1 Å². The SMILES string of the molecule is Cc1cn(CC2(O)CCCN(C(=O)[C@H]3CN([C@@H]4c5ccc(Cl)cc5CCc5cccnc54)CCN3C(=O)OC3CCCCC3)C2)cn1. The molecular formula is C36H45ClN6O4. The van der Waals surface area contributed by atoms with Crippen LogP contribution in [0.3, 0.4) is 0 Å². The van der Waals surface area contributed by atoms with Crippen LogP contribution in [0.5, 0.6) is 0 Å². The molecule has 2 aromatic heterocycles. The van der Waals surface area contributed by atoms with Crippen LogP contribution in [0.1, 0.15) is 79.1 Å². The molecule has 3 atom stereocenters. The lowest BCUT2D eigenvalue weighted by Crippen LogP contribution is -2.64. The van der Waals surface area contributed by atoms with Crippen LogP contribution in [0.2, 0.25) is 5.02 Å². The van der Waals surface area contributed by atoms with Crippen LogP contribution in [0.4, 0.5) is 4.79 Å². The summed E-state index contributed by atoms with van der Waals surface area (Å²) in [4.78, 5) is 43.4. The predicted molar refractivity (Wildman–Crippen MR) is 178 cm³/mol. The van der Waals surface area contributed by atoms with Crippen molar-refractivity contribution in [2.24, 2.45) is 0 Å². The molecule has 2 aliphatic heterocycles. The summed E-state index contributed by atoms with van der Waals surface area (Å²) in [7, 11) is 0. The smallest absolute Gasteiger partial charge is 0.410 e. The first kappa shape index (κ1) is 32.1. The van der Waals surface area contributed by atoms with Crippen molar-refractivity contribution < 1.29 is 19.4 Å². The first-order valence-electron chi connectivity index (χ1n) is 17.2. The number of imidazole rings is 1. The van der Waals surface area contributed by atoms with E-state index in [1.807, 2.05) is 42.1 Å². The highest BCUT2D eigenvalue weighted by atomic mass is 35.5.